The van der Waals surface area contributed by atoms with Crippen molar-refractivity contribution in [3.05, 3.63) is 23.8 Å². The second kappa shape index (κ2) is 5.15. The number of alkyl halides is 3. The minimum Gasteiger partial charge on any atom is -0.398 e. The highest BCUT2D eigenvalue weighted by Gasteiger charge is 2.31. The molecule has 102 valence electrons. The van der Waals surface area contributed by atoms with Gasteiger partial charge in [0.15, 0.2) is 9.84 Å². The number of benzene rings is 1. The van der Waals surface area contributed by atoms with Gasteiger partial charge in [-0.05, 0) is 24.6 Å². The Balaban J connectivity index is 3.14. The van der Waals surface area contributed by atoms with Crippen molar-refractivity contribution in [2.24, 2.45) is 0 Å². The maximum absolute atomic E-state index is 12.4. The highest BCUT2D eigenvalue weighted by atomic mass is 32.2. The van der Waals surface area contributed by atoms with Crippen LogP contribution < -0.4 is 5.73 Å². The first-order valence-electron chi connectivity index (χ1n) is 4.99. The molecule has 1 aromatic rings. The molecule has 0 aliphatic heterocycles. The second-order valence-corrected chi connectivity index (χ2v) is 5.72. The molecule has 1 aromatic carbocycles. The van der Waals surface area contributed by atoms with E-state index in [1.54, 1.807) is 0 Å². The van der Waals surface area contributed by atoms with Crippen LogP contribution in [-0.4, -0.2) is 25.9 Å². The van der Waals surface area contributed by atoms with Gasteiger partial charge in [-0.15, -0.1) is 0 Å². The van der Waals surface area contributed by atoms with Crippen LogP contribution in [0.25, 0.3) is 0 Å². The number of rotatable bonds is 4. The van der Waals surface area contributed by atoms with Crippen molar-refractivity contribution in [2.75, 3.05) is 18.1 Å². The number of nitrogens with two attached hydrogens (primary N) is 1. The lowest BCUT2D eigenvalue weighted by atomic mass is 10.2. The molecule has 3 N–H and O–H groups in total. The summed E-state index contributed by atoms with van der Waals surface area (Å²) in [5.41, 5.74) is 3.89. The molecular formula is C10H12F3NO3S. The topological polar surface area (TPSA) is 80.4 Å². The molecular weight excluding hydrogens is 271 g/mol. The van der Waals surface area contributed by atoms with Gasteiger partial charge in [0.25, 0.3) is 0 Å². The summed E-state index contributed by atoms with van der Waals surface area (Å²) in [5, 5.41) is 8.55. The van der Waals surface area contributed by atoms with Gasteiger partial charge < -0.3 is 10.8 Å². The molecule has 0 aliphatic rings. The molecule has 4 nitrogen and oxygen atoms in total. The van der Waals surface area contributed by atoms with Gasteiger partial charge in [-0.25, -0.2) is 8.42 Å². The molecule has 0 spiro atoms. The molecule has 8 heteroatoms. The lowest BCUT2D eigenvalue weighted by molar-refractivity contribution is -0.137. The number of hydrogen-bond donors (Lipinski definition) is 2. The lowest BCUT2D eigenvalue weighted by Gasteiger charge is -2.11. The van der Waals surface area contributed by atoms with Gasteiger partial charge in [0.05, 0.1) is 21.9 Å². The van der Waals surface area contributed by atoms with Gasteiger partial charge in [0, 0.05) is 6.61 Å². The zero-order valence-corrected chi connectivity index (χ0v) is 10.1. The molecule has 1 rings (SSSR count). The first-order chi connectivity index (χ1) is 8.18. The molecule has 0 fully saturated rings. The summed E-state index contributed by atoms with van der Waals surface area (Å²) in [6, 6.07) is 2.10. The monoisotopic (exact) mass is 283 g/mol. The fourth-order valence-electron chi connectivity index (χ4n) is 1.37. The van der Waals surface area contributed by atoms with Crippen molar-refractivity contribution < 1.29 is 26.7 Å². The van der Waals surface area contributed by atoms with Crippen LogP contribution >= 0.6 is 0 Å². The van der Waals surface area contributed by atoms with Gasteiger partial charge in [-0.3, -0.25) is 0 Å². The molecule has 0 saturated heterocycles. The molecule has 0 unspecified atom stereocenters. The largest absolute Gasteiger partial charge is 0.416 e. The SMILES string of the molecule is Nc1cc(C(F)(F)F)ccc1S(=O)(=O)CCCO. The van der Waals surface area contributed by atoms with Crippen LogP contribution in [0.1, 0.15) is 12.0 Å². The summed E-state index contributed by atoms with van der Waals surface area (Å²) in [6.45, 7) is -0.320. The number of nitrogen functional groups attached to an aromatic ring is 1. The Hall–Kier alpha value is -1.28. The quantitative estimate of drug-likeness (QED) is 0.819. The predicted molar refractivity (Wildman–Crippen MR) is 59.6 cm³/mol. The number of aliphatic hydroxyl groups is 1. The van der Waals surface area contributed by atoms with Gasteiger partial charge in [-0.2, -0.15) is 13.2 Å². The van der Waals surface area contributed by atoms with E-state index < -0.39 is 27.3 Å². The minimum atomic E-state index is -4.57. The number of hydrogen-bond acceptors (Lipinski definition) is 4. The van der Waals surface area contributed by atoms with Gasteiger partial charge in [0.2, 0.25) is 0 Å². The van der Waals surface area contributed by atoms with E-state index in [2.05, 4.69) is 0 Å². The van der Waals surface area contributed by atoms with Crippen LogP contribution in [0.2, 0.25) is 0 Å². The van der Waals surface area contributed by atoms with E-state index in [1.807, 2.05) is 0 Å². The van der Waals surface area contributed by atoms with Gasteiger partial charge in [-0.1, -0.05) is 0 Å². The lowest BCUT2D eigenvalue weighted by Crippen LogP contribution is -2.12. The summed E-state index contributed by atoms with van der Waals surface area (Å²) in [5.74, 6) is -0.362. The Morgan fingerprint density at radius 3 is 2.33 bits per heavy atom. The van der Waals surface area contributed by atoms with Crippen molar-refractivity contribution >= 4 is 15.5 Å². The third kappa shape index (κ3) is 3.36. The molecule has 0 aromatic heterocycles. The van der Waals surface area contributed by atoms with Crippen molar-refractivity contribution in [3.8, 4) is 0 Å². The summed E-state index contributed by atoms with van der Waals surface area (Å²) in [4.78, 5) is -0.344. The van der Waals surface area contributed by atoms with Crippen molar-refractivity contribution in [1.29, 1.82) is 0 Å². The molecule has 0 heterocycles. The third-order valence-electron chi connectivity index (χ3n) is 2.24. The highest BCUT2D eigenvalue weighted by molar-refractivity contribution is 7.91. The Labute approximate surface area is 102 Å². The predicted octanol–water partition coefficient (Wildman–Crippen LogP) is 1.44. The molecule has 0 radical (unpaired) electrons. The van der Waals surface area contributed by atoms with E-state index in [9.17, 15) is 21.6 Å². The van der Waals surface area contributed by atoms with Crippen molar-refractivity contribution in [1.82, 2.24) is 0 Å². The normalized spacial score (nSPS) is 12.7. The molecule has 0 bridgehead atoms. The Morgan fingerprint density at radius 1 is 1.28 bits per heavy atom. The summed E-state index contributed by atoms with van der Waals surface area (Å²) >= 11 is 0. The Morgan fingerprint density at radius 2 is 1.89 bits per heavy atom. The standard InChI is InChI=1S/C10H12F3NO3S/c11-10(12,13)7-2-3-9(8(14)6-7)18(16,17)5-1-4-15/h2-3,6,15H,1,4-5,14H2. The van der Waals surface area contributed by atoms with Crippen LogP contribution in [0.15, 0.2) is 23.1 Å². The fourth-order valence-corrected chi connectivity index (χ4v) is 2.80. The van der Waals surface area contributed by atoms with Gasteiger partial charge >= 0.3 is 6.18 Å². The van der Waals surface area contributed by atoms with E-state index in [0.29, 0.717) is 12.1 Å². The highest BCUT2D eigenvalue weighted by Crippen LogP contribution is 2.32. The zero-order chi connectivity index (χ0) is 14.0. The van der Waals surface area contributed by atoms with Crippen LogP contribution in [-0.2, 0) is 16.0 Å². The molecule has 0 aliphatic carbocycles. The number of halogens is 3. The first-order valence-corrected chi connectivity index (χ1v) is 6.64. The molecule has 18 heavy (non-hydrogen) atoms. The average Bonchev–Trinajstić information content (AvgIpc) is 2.24. The molecule has 0 amide bonds. The van der Waals surface area contributed by atoms with E-state index >= 15 is 0 Å². The summed E-state index contributed by atoms with van der Waals surface area (Å²) < 4.78 is 60.5. The number of sulfone groups is 1. The van der Waals surface area contributed by atoms with Crippen LogP contribution in [0, 0.1) is 0 Å². The Bertz CT molecular complexity index is 526. The molecule has 0 atom stereocenters. The van der Waals surface area contributed by atoms with Gasteiger partial charge in [0.1, 0.15) is 0 Å². The van der Waals surface area contributed by atoms with E-state index in [4.69, 9.17) is 10.8 Å². The van der Waals surface area contributed by atoms with Crippen LogP contribution in [0.3, 0.4) is 0 Å². The van der Waals surface area contributed by atoms with Crippen molar-refractivity contribution in [2.45, 2.75) is 17.5 Å². The van der Waals surface area contributed by atoms with E-state index in [-0.39, 0.29) is 23.7 Å². The molecule has 0 saturated carbocycles. The fraction of sp³-hybridized carbons (Fsp3) is 0.400. The maximum Gasteiger partial charge on any atom is 0.416 e. The number of aliphatic hydroxyl groups excluding tert-OH is 1. The third-order valence-corrected chi connectivity index (χ3v) is 4.11. The second-order valence-electron chi connectivity index (χ2n) is 3.65. The van der Waals surface area contributed by atoms with E-state index in [0.717, 1.165) is 6.07 Å². The summed E-state index contributed by atoms with van der Waals surface area (Å²) in [6.07, 6.45) is -4.57. The summed E-state index contributed by atoms with van der Waals surface area (Å²) in [7, 11) is -3.77. The number of anilines is 1. The smallest absolute Gasteiger partial charge is 0.398 e. The van der Waals surface area contributed by atoms with Crippen LogP contribution in [0.4, 0.5) is 18.9 Å². The van der Waals surface area contributed by atoms with Crippen molar-refractivity contribution in [3.63, 3.8) is 0 Å². The zero-order valence-electron chi connectivity index (χ0n) is 9.24. The average molecular weight is 283 g/mol. The Kier molecular flexibility index (Phi) is 4.23. The van der Waals surface area contributed by atoms with Crippen LogP contribution in [0.5, 0.6) is 0 Å². The maximum atomic E-state index is 12.4. The first kappa shape index (κ1) is 14.8. The van der Waals surface area contributed by atoms with E-state index in [1.165, 1.54) is 0 Å². The minimum absolute atomic E-state index is 0.00277.